The van der Waals surface area contributed by atoms with Crippen molar-refractivity contribution in [3.63, 3.8) is 0 Å². The highest BCUT2D eigenvalue weighted by atomic mass is 16.3. The van der Waals surface area contributed by atoms with E-state index in [1.54, 1.807) is 0 Å². The molecule has 2 heteroatoms. The Morgan fingerprint density at radius 3 is 1.60 bits per heavy atom. The van der Waals surface area contributed by atoms with Gasteiger partial charge in [-0.2, -0.15) is 0 Å². The maximum absolute atomic E-state index is 6.43. The fraction of sp³-hybridized carbons (Fsp3) is 0. The lowest BCUT2D eigenvalue weighted by Crippen LogP contribution is -1.91. The van der Waals surface area contributed by atoms with Crippen molar-refractivity contribution in [1.29, 1.82) is 0 Å². The van der Waals surface area contributed by atoms with Crippen molar-refractivity contribution in [3.05, 3.63) is 176 Å². The molecule has 0 unspecified atom stereocenters. The Labute approximate surface area is 273 Å². The Hall–Kier alpha value is -6.25. The van der Waals surface area contributed by atoms with Crippen molar-refractivity contribution in [2.45, 2.75) is 0 Å². The van der Waals surface area contributed by atoms with E-state index in [-0.39, 0.29) is 0 Å². The second-order valence-electron chi connectivity index (χ2n) is 12.0. The van der Waals surface area contributed by atoms with Crippen LogP contribution in [0.15, 0.2) is 180 Å². The van der Waals surface area contributed by atoms with Gasteiger partial charge in [0.25, 0.3) is 0 Å². The van der Waals surface area contributed by atoms with E-state index in [1.165, 1.54) is 27.5 Å². The van der Waals surface area contributed by atoms with Crippen molar-refractivity contribution in [2.24, 2.45) is 0 Å². The summed E-state index contributed by atoms with van der Waals surface area (Å²) in [4.78, 5) is 5.10. The lowest BCUT2D eigenvalue weighted by molar-refractivity contribution is 0.669. The Kier molecular flexibility index (Phi) is 6.50. The molecule has 0 aliphatic rings. The summed E-state index contributed by atoms with van der Waals surface area (Å²) in [6.45, 7) is 0. The summed E-state index contributed by atoms with van der Waals surface area (Å²) >= 11 is 0. The molecular weight excluding hydrogens is 571 g/mol. The predicted molar refractivity (Wildman–Crippen MR) is 196 cm³/mol. The van der Waals surface area contributed by atoms with Gasteiger partial charge in [0.15, 0.2) is 0 Å². The SMILES string of the molecule is c1ccc(-c2cc(-c3cccc4oc5ccc(-c6ccc(-c7ccc8ccccc8c7)cc6)cc5c34)cc(-c3ccccc3)n2)cc1. The molecule has 0 saturated heterocycles. The van der Waals surface area contributed by atoms with Gasteiger partial charge in [-0.25, -0.2) is 4.98 Å². The molecule has 9 rings (SSSR count). The first-order valence-electron chi connectivity index (χ1n) is 16.0. The predicted octanol–water partition coefficient (Wildman–Crippen LogP) is 12.5. The molecule has 0 N–H and O–H groups in total. The fourth-order valence-corrected chi connectivity index (χ4v) is 6.67. The Balaban J connectivity index is 1.16. The average molecular weight is 600 g/mol. The minimum atomic E-state index is 0.876. The normalized spacial score (nSPS) is 11.4. The van der Waals surface area contributed by atoms with Gasteiger partial charge in [-0.05, 0) is 80.6 Å². The van der Waals surface area contributed by atoms with Crippen molar-refractivity contribution in [1.82, 2.24) is 4.98 Å². The van der Waals surface area contributed by atoms with Gasteiger partial charge in [0, 0.05) is 21.9 Å². The summed E-state index contributed by atoms with van der Waals surface area (Å²) in [5.41, 5.74) is 12.8. The number of fused-ring (bicyclic) bond motifs is 4. The number of furan rings is 1. The second kappa shape index (κ2) is 11.3. The van der Waals surface area contributed by atoms with Crippen LogP contribution in [-0.4, -0.2) is 4.98 Å². The standard InChI is InChI=1S/C45H29NO/c1-3-11-33(12-4-1)41-28-38(29-42(46-41)34-13-5-2-6-14-34)39-16-9-17-44-45(39)40-27-37(24-25-43(40)47-44)32-20-18-31(19-21-32)36-23-22-30-10-7-8-15-35(30)26-36/h1-29H. The monoisotopic (exact) mass is 599 g/mol. The van der Waals surface area contributed by atoms with E-state index >= 15 is 0 Å². The highest BCUT2D eigenvalue weighted by Crippen LogP contribution is 2.40. The number of hydrogen-bond donors (Lipinski definition) is 0. The van der Waals surface area contributed by atoms with E-state index in [1.807, 2.05) is 12.1 Å². The highest BCUT2D eigenvalue weighted by molar-refractivity contribution is 6.13. The lowest BCUT2D eigenvalue weighted by atomic mass is 9.95. The van der Waals surface area contributed by atoms with E-state index < -0.39 is 0 Å². The third-order valence-corrected chi connectivity index (χ3v) is 9.07. The Morgan fingerprint density at radius 2 is 0.915 bits per heavy atom. The molecule has 9 aromatic rings. The summed E-state index contributed by atoms with van der Waals surface area (Å²) < 4.78 is 6.43. The molecule has 47 heavy (non-hydrogen) atoms. The van der Waals surface area contributed by atoms with Crippen LogP contribution >= 0.6 is 0 Å². The Morgan fingerprint density at radius 1 is 0.340 bits per heavy atom. The van der Waals surface area contributed by atoms with Crippen LogP contribution in [0.2, 0.25) is 0 Å². The van der Waals surface area contributed by atoms with E-state index in [0.717, 1.165) is 61.1 Å². The van der Waals surface area contributed by atoms with Crippen LogP contribution in [0.1, 0.15) is 0 Å². The summed E-state index contributed by atoms with van der Waals surface area (Å²) in [6.07, 6.45) is 0. The number of aromatic nitrogens is 1. The van der Waals surface area contributed by atoms with Gasteiger partial charge < -0.3 is 4.42 Å². The van der Waals surface area contributed by atoms with Crippen LogP contribution < -0.4 is 0 Å². The van der Waals surface area contributed by atoms with Crippen LogP contribution in [0.3, 0.4) is 0 Å². The number of benzene rings is 7. The summed E-state index contributed by atoms with van der Waals surface area (Å²) in [6, 6.07) is 62.1. The molecule has 0 atom stereocenters. The van der Waals surface area contributed by atoms with Gasteiger partial charge in [-0.15, -0.1) is 0 Å². The first-order valence-corrected chi connectivity index (χ1v) is 16.0. The van der Waals surface area contributed by atoms with Gasteiger partial charge in [0.1, 0.15) is 11.2 Å². The summed E-state index contributed by atoms with van der Waals surface area (Å²) in [5.74, 6) is 0. The molecule has 220 valence electrons. The fourth-order valence-electron chi connectivity index (χ4n) is 6.67. The van der Waals surface area contributed by atoms with E-state index in [2.05, 4.69) is 164 Å². The molecule has 0 aliphatic carbocycles. The van der Waals surface area contributed by atoms with Gasteiger partial charge in [-0.1, -0.05) is 140 Å². The molecule has 2 aromatic heterocycles. The minimum absolute atomic E-state index is 0.876. The van der Waals surface area contributed by atoms with Crippen LogP contribution in [0, 0.1) is 0 Å². The zero-order valence-electron chi connectivity index (χ0n) is 25.6. The number of rotatable bonds is 5. The van der Waals surface area contributed by atoms with Gasteiger partial charge in [0.2, 0.25) is 0 Å². The highest BCUT2D eigenvalue weighted by Gasteiger charge is 2.16. The van der Waals surface area contributed by atoms with Crippen molar-refractivity contribution >= 4 is 32.7 Å². The first-order chi connectivity index (χ1) is 23.3. The molecule has 2 nitrogen and oxygen atoms in total. The van der Waals surface area contributed by atoms with Crippen LogP contribution in [-0.2, 0) is 0 Å². The first kappa shape index (κ1) is 27.1. The molecule has 0 spiro atoms. The molecule has 0 saturated carbocycles. The molecule has 0 fully saturated rings. The van der Waals surface area contributed by atoms with Crippen molar-refractivity contribution < 1.29 is 4.42 Å². The summed E-state index contributed by atoms with van der Waals surface area (Å²) in [5, 5.41) is 4.72. The quantitative estimate of drug-likeness (QED) is 0.197. The molecule has 7 aromatic carbocycles. The Bertz CT molecular complexity index is 2490. The zero-order valence-corrected chi connectivity index (χ0v) is 25.6. The van der Waals surface area contributed by atoms with Crippen molar-refractivity contribution in [2.75, 3.05) is 0 Å². The molecule has 0 bridgehead atoms. The third kappa shape index (κ3) is 4.97. The van der Waals surface area contributed by atoms with Crippen LogP contribution in [0.5, 0.6) is 0 Å². The largest absolute Gasteiger partial charge is 0.456 e. The van der Waals surface area contributed by atoms with Crippen LogP contribution in [0.4, 0.5) is 0 Å². The molecule has 0 radical (unpaired) electrons. The minimum Gasteiger partial charge on any atom is -0.456 e. The van der Waals surface area contributed by atoms with E-state index in [4.69, 9.17) is 9.40 Å². The molecule has 2 heterocycles. The molecule has 0 amide bonds. The number of pyridine rings is 1. The third-order valence-electron chi connectivity index (χ3n) is 9.07. The maximum atomic E-state index is 6.43. The molecular formula is C45H29NO. The number of hydrogen-bond acceptors (Lipinski definition) is 2. The van der Waals surface area contributed by atoms with E-state index in [9.17, 15) is 0 Å². The second-order valence-corrected chi connectivity index (χ2v) is 12.0. The zero-order chi connectivity index (χ0) is 31.2. The van der Waals surface area contributed by atoms with Gasteiger partial charge >= 0.3 is 0 Å². The van der Waals surface area contributed by atoms with Crippen molar-refractivity contribution in [3.8, 4) is 55.9 Å². The maximum Gasteiger partial charge on any atom is 0.136 e. The lowest BCUT2D eigenvalue weighted by Gasteiger charge is -2.11. The van der Waals surface area contributed by atoms with Crippen LogP contribution in [0.25, 0.3) is 88.6 Å². The molecule has 0 aliphatic heterocycles. The average Bonchev–Trinajstić information content (AvgIpc) is 3.53. The smallest absolute Gasteiger partial charge is 0.136 e. The topological polar surface area (TPSA) is 26.0 Å². The number of nitrogens with zero attached hydrogens (tertiary/aromatic N) is 1. The van der Waals surface area contributed by atoms with Gasteiger partial charge in [-0.3, -0.25) is 0 Å². The van der Waals surface area contributed by atoms with E-state index in [0.29, 0.717) is 0 Å². The summed E-state index contributed by atoms with van der Waals surface area (Å²) in [7, 11) is 0. The van der Waals surface area contributed by atoms with Gasteiger partial charge in [0.05, 0.1) is 11.4 Å².